The fourth-order valence-electron chi connectivity index (χ4n) is 10.9. The molecule has 15 nitrogen and oxygen atoms in total. The second kappa shape index (κ2) is 19.4. The summed E-state index contributed by atoms with van der Waals surface area (Å²) in [4.78, 5) is 14.3. The molecule has 2 bridgehead atoms. The summed E-state index contributed by atoms with van der Waals surface area (Å²) < 4.78 is 63.4. The van der Waals surface area contributed by atoms with Crippen molar-refractivity contribution in [3.05, 3.63) is 47.1 Å². The number of ether oxygens (including phenoxy) is 10. The van der Waals surface area contributed by atoms with E-state index in [1.165, 1.54) is 0 Å². The topological polar surface area (TPSA) is 190 Å². The van der Waals surface area contributed by atoms with E-state index in [9.17, 15) is 25.2 Å². The maximum absolute atomic E-state index is 14.3. The predicted octanol–water partition coefficient (Wildman–Crippen LogP) is 4.18. The third-order valence-corrected chi connectivity index (χ3v) is 14.5. The van der Waals surface area contributed by atoms with Gasteiger partial charge in [-0.25, -0.2) is 0 Å². The van der Waals surface area contributed by atoms with Crippen molar-refractivity contribution in [1.82, 2.24) is 0 Å². The van der Waals surface area contributed by atoms with E-state index in [4.69, 9.17) is 47.4 Å². The van der Waals surface area contributed by atoms with Crippen molar-refractivity contribution in [3.8, 4) is 0 Å². The van der Waals surface area contributed by atoms with Gasteiger partial charge in [-0.3, -0.25) is 4.79 Å². The highest BCUT2D eigenvalue weighted by atomic mass is 16.7. The second-order valence-electron chi connectivity index (χ2n) is 19.3. The Balaban J connectivity index is 1.18. The zero-order valence-corrected chi connectivity index (χ0v) is 38.1. The van der Waals surface area contributed by atoms with Gasteiger partial charge in [0.15, 0.2) is 18.4 Å². The number of hydrogen-bond donors (Lipinski definition) is 4. The zero-order chi connectivity index (χ0) is 44.8. The number of esters is 1. The number of allylic oxidation sites excluding steroid dienone is 2. The fraction of sp³-hybridized carbons (Fsp3) is 0.809. The highest BCUT2D eigenvalue weighted by Crippen LogP contribution is 2.48. The van der Waals surface area contributed by atoms with Crippen LogP contribution in [0.2, 0.25) is 0 Å². The first-order valence-corrected chi connectivity index (χ1v) is 22.7. The molecule has 0 aromatic carbocycles. The quantitative estimate of drug-likeness (QED) is 0.210. The molecule has 4 N–H and O–H groups in total. The zero-order valence-electron chi connectivity index (χ0n) is 38.1. The van der Waals surface area contributed by atoms with Crippen molar-refractivity contribution in [1.29, 1.82) is 0 Å². The van der Waals surface area contributed by atoms with E-state index >= 15 is 0 Å². The average molecular weight is 877 g/mol. The lowest BCUT2D eigenvalue weighted by Gasteiger charge is -2.52. The summed E-state index contributed by atoms with van der Waals surface area (Å²) in [5.41, 5.74) is 0.0192. The average Bonchev–Trinajstić information content (AvgIpc) is 3.56. The van der Waals surface area contributed by atoms with E-state index in [1.807, 2.05) is 39.8 Å². The SMILES string of the molecule is COC1CC(OC2C(C)OC(O[C@@H]3/C(C)=C/C[C@@H]4C[C@@H](C[C@]5(CC(O)[C@H](C)[C@@H](C(C)C)O5)O4)OC(=O)[C@@H]4C=C(C)[C@@H](O)[C@H]5OC/C(=C\C=C\[C@@H]3C)[C@]54O)CC2OC)OC(C)C1O. The summed E-state index contributed by atoms with van der Waals surface area (Å²) in [6.45, 7) is 15.6. The number of aliphatic hydroxyl groups is 4. The van der Waals surface area contributed by atoms with Crippen molar-refractivity contribution in [2.75, 3.05) is 20.8 Å². The molecule has 6 heterocycles. The van der Waals surface area contributed by atoms with Gasteiger partial charge in [-0.1, -0.05) is 58.1 Å². The molecule has 0 aromatic rings. The Bertz CT molecular complexity index is 1700. The molecule has 0 saturated carbocycles. The number of methoxy groups -OCH3 is 2. The molecule has 15 heteroatoms. The van der Waals surface area contributed by atoms with Crippen LogP contribution >= 0.6 is 0 Å². The van der Waals surface area contributed by atoms with Crippen LogP contribution in [-0.4, -0.2) is 151 Å². The van der Waals surface area contributed by atoms with Gasteiger partial charge >= 0.3 is 5.97 Å². The first-order valence-electron chi connectivity index (χ1n) is 22.7. The lowest BCUT2D eigenvalue weighted by Crippen LogP contribution is -2.60. The van der Waals surface area contributed by atoms with Gasteiger partial charge in [0.1, 0.15) is 42.0 Å². The van der Waals surface area contributed by atoms with Crippen LogP contribution in [0.3, 0.4) is 0 Å². The van der Waals surface area contributed by atoms with Crippen LogP contribution in [0.25, 0.3) is 0 Å². The monoisotopic (exact) mass is 876 g/mol. The van der Waals surface area contributed by atoms with Gasteiger partial charge in [-0.2, -0.15) is 0 Å². The lowest BCUT2D eigenvalue weighted by atomic mass is 9.71. The molecule has 62 heavy (non-hydrogen) atoms. The van der Waals surface area contributed by atoms with Crippen molar-refractivity contribution >= 4 is 5.97 Å². The van der Waals surface area contributed by atoms with E-state index < -0.39 is 109 Å². The predicted molar refractivity (Wildman–Crippen MR) is 224 cm³/mol. The van der Waals surface area contributed by atoms with E-state index in [1.54, 1.807) is 40.2 Å². The third-order valence-electron chi connectivity index (χ3n) is 14.5. The second-order valence-corrected chi connectivity index (χ2v) is 19.3. The first kappa shape index (κ1) is 47.9. The highest BCUT2D eigenvalue weighted by Gasteiger charge is 2.60. The van der Waals surface area contributed by atoms with Gasteiger partial charge in [-0.05, 0) is 56.8 Å². The van der Waals surface area contributed by atoms with Gasteiger partial charge in [0.05, 0.1) is 55.4 Å². The minimum absolute atomic E-state index is 0.0105. The molecule has 1 aliphatic carbocycles. The summed E-state index contributed by atoms with van der Waals surface area (Å²) in [7, 11) is 3.20. The van der Waals surface area contributed by atoms with E-state index in [0.717, 1.165) is 5.57 Å². The van der Waals surface area contributed by atoms with Gasteiger partial charge in [0.2, 0.25) is 0 Å². The smallest absolute Gasteiger partial charge is 0.316 e. The third kappa shape index (κ3) is 9.58. The largest absolute Gasteiger partial charge is 0.462 e. The lowest BCUT2D eigenvalue weighted by molar-refractivity contribution is -0.353. The highest BCUT2D eigenvalue weighted by molar-refractivity contribution is 5.78. The van der Waals surface area contributed by atoms with Crippen LogP contribution in [0.5, 0.6) is 0 Å². The molecule has 9 unspecified atom stereocenters. The molecular formula is C47H72O15. The number of fused-ring (bicyclic) bond motifs is 2. The van der Waals surface area contributed by atoms with Crippen LogP contribution < -0.4 is 0 Å². The van der Waals surface area contributed by atoms with Crippen molar-refractivity contribution < 1.29 is 72.6 Å². The van der Waals surface area contributed by atoms with E-state index in [2.05, 4.69) is 19.9 Å². The standard InChI is InChI=1S/C47H72O15/c1-23(2)41-27(6)34(48)21-46(62-41)20-32-17-31(61-46)15-14-25(4)42(24(3)12-11-13-30-22-55-44-39(49)26(5)16-33(45(51)58-32)47(30,44)52)59-38-19-36(54-10)43(29(8)57-38)60-37-18-35(53-9)40(50)28(7)56-37/h11-14,16,23-24,27-29,31-44,48-50,52H,15,17-22H2,1-10H3/b12-11+,25-14+,30-13+/t24-,27-,28?,29?,31+,32-,33-,34?,35?,36?,37?,38?,39+,40?,41+,42-,43?,44+,46-,47+/m0/s1. The molecule has 0 aromatic heterocycles. The molecule has 1 spiro atoms. The van der Waals surface area contributed by atoms with Crippen LogP contribution in [0.1, 0.15) is 93.9 Å². The van der Waals surface area contributed by atoms with Crippen molar-refractivity contribution in [2.45, 2.75) is 197 Å². The Kier molecular flexibility index (Phi) is 15.0. The Morgan fingerprint density at radius 2 is 1.55 bits per heavy atom. The van der Waals surface area contributed by atoms with Crippen LogP contribution in [0, 0.1) is 23.7 Å². The molecule has 7 aliphatic rings. The van der Waals surface area contributed by atoms with Crippen molar-refractivity contribution in [3.63, 3.8) is 0 Å². The van der Waals surface area contributed by atoms with E-state index in [0.29, 0.717) is 36.8 Å². The fourth-order valence-corrected chi connectivity index (χ4v) is 10.9. The van der Waals surface area contributed by atoms with E-state index in [-0.39, 0.29) is 43.3 Å². The molecule has 5 fully saturated rings. The Morgan fingerprint density at radius 1 is 0.855 bits per heavy atom. The Hall–Kier alpha value is -2.09. The summed E-state index contributed by atoms with van der Waals surface area (Å²) in [5.74, 6) is -3.24. The molecule has 6 aliphatic heterocycles. The normalized spacial score (nSPS) is 50.2. The van der Waals surface area contributed by atoms with Crippen LogP contribution in [0.15, 0.2) is 47.1 Å². The number of hydrogen-bond acceptors (Lipinski definition) is 15. The minimum atomic E-state index is -1.87. The summed E-state index contributed by atoms with van der Waals surface area (Å²) in [6, 6.07) is 0. The molecule has 5 saturated heterocycles. The molecule has 0 amide bonds. The van der Waals surface area contributed by atoms with Gasteiger partial charge in [-0.15, -0.1) is 0 Å². The molecular weight excluding hydrogens is 805 g/mol. The van der Waals surface area contributed by atoms with Crippen LogP contribution in [-0.2, 0) is 52.2 Å². The van der Waals surface area contributed by atoms with Crippen molar-refractivity contribution in [2.24, 2.45) is 23.7 Å². The van der Waals surface area contributed by atoms with Gasteiger partial charge in [0.25, 0.3) is 0 Å². The number of carbonyl (C=O) groups is 1. The molecule has 0 radical (unpaired) electrons. The Morgan fingerprint density at radius 3 is 2.26 bits per heavy atom. The first-order chi connectivity index (χ1) is 29.4. The minimum Gasteiger partial charge on any atom is -0.462 e. The summed E-state index contributed by atoms with van der Waals surface area (Å²) in [6.07, 6.45) is 2.11. The summed E-state index contributed by atoms with van der Waals surface area (Å²) >= 11 is 0. The molecule has 7 rings (SSSR count). The van der Waals surface area contributed by atoms with Crippen LogP contribution in [0.4, 0.5) is 0 Å². The number of carbonyl (C=O) groups excluding carboxylic acids is 1. The maximum atomic E-state index is 14.3. The maximum Gasteiger partial charge on any atom is 0.316 e. The Labute approximate surface area is 366 Å². The summed E-state index contributed by atoms with van der Waals surface area (Å²) in [5, 5.41) is 45.6. The number of rotatable bonds is 7. The van der Waals surface area contributed by atoms with Gasteiger partial charge in [0, 0.05) is 58.2 Å². The molecule has 350 valence electrons. The number of aliphatic hydroxyl groups excluding tert-OH is 3. The van der Waals surface area contributed by atoms with Gasteiger partial charge < -0.3 is 67.8 Å². The molecule has 20 atom stereocenters.